The van der Waals surface area contributed by atoms with Gasteiger partial charge in [0.25, 0.3) is 0 Å². The Morgan fingerprint density at radius 3 is 0.760 bits per heavy atom. The van der Waals surface area contributed by atoms with Gasteiger partial charge in [0.1, 0.15) is 17.9 Å². The molecule has 144 valence electrons. The SMILES string of the molecule is CC(O)(OO)C(=O)[O-].CC(O)(OO)C(=O)[O-].CC(O)(OO)C(=O)[O-].[Al+3]. The molecule has 0 aromatic rings. The van der Waals surface area contributed by atoms with Gasteiger partial charge in [0.2, 0.25) is 17.4 Å². The van der Waals surface area contributed by atoms with E-state index in [0.717, 1.165) is 20.8 Å². The summed E-state index contributed by atoms with van der Waals surface area (Å²) in [5.41, 5.74) is 0. The third-order valence-electron chi connectivity index (χ3n) is 1.67. The summed E-state index contributed by atoms with van der Waals surface area (Å²) in [6.07, 6.45) is 0. The Morgan fingerprint density at radius 1 is 0.640 bits per heavy atom. The van der Waals surface area contributed by atoms with Gasteiger partial charge in [0, 0.05) is 0 Å². The van der Waals surface area contributed by atoms with Crippen LogP contribution < -0.4 is 15.3 Å². The topological polar surface area (TPSA) is 269 Å². The van der Waals surface area contributed by atoms with Crippen molar-refractivity contribution in [1.82, 2.24) is 0 Å². The molecule has 0 spiro atoms. The van der Waals surface area contributed by atoms with E-state index in [4.69, 9.17) is 31.1 Å². The van der Waals surface area contributed by atoms with E-state index in [0.29, 0.717) is 0 Å². The zero-order chi connectivity index (χ0) is 20.4. The van der Waals surface area contributed by atoms with Crippen LogP contribution in [0.4, 0.5) is 0 Å². The van der Waals surface area contributed by atoms with Crippen molar-refractivity contribution < 1.29 is 75.5 Å². The smallest absolute Gasteiger partial charge is 0.544 e. The predicted molar refractivity (Wildman–Crippen MR) is 63.8 cm³/mol. The molecular weight excluding hydrogens is 375 g/mol. The van der Waals surface area contributed by atoms with E-state index in [9.17, 15) is 29.7 Å². The Balaban J connectivity index is -0.000000130. The predicted octanol–water partition coefficient (Wildman–Crippen LogP) is -6.58. The normalized spacial score (nSPS) is 16.7. The van der Waals surface area contributed by atoms with Crippen LogP contribution in [0.5, 0.6) is 0 Å². The second-order valence-electron chi connectivity index (χ2n) is 4.08. The Hall–Kier alpha value is -1.42. The van der Waals surface area contributed by atoms with Gasteiger partial charge in [0.05, 0.1) is 0 Å². The second-order valence-corrected chi connectivity index (χ2v) is 4.08. The third-order valence-corrected chi connectivity index (χ3v) is 1.67. The van der Waals surface area contributed by atoms with Gasteiger partial charge in [-0.2, -0.15) is 14.7 Å². The first-order chi connectivity index (χ1) is 10.5. The molecule has 0 saturated carbocycles. The molecule has 25 heavy (non-hydrogen) atoms. The average molecular weight is 390 g/mol. The molecule has 0 aromatic heterocycles. The van der Waals surface area contributed by atoms with Crippen LogP contribution in [0.1, 0.15) is 20.8 Å². The van der Waals surface area contributed by atoms with Gasteiger partial charge >= 0.3 is 17.4 Å². The molecule has 15 nitrogen and oxygen atoms in total. The minimum absolute atomic E-state index is 0. The van der Waals surface area contributed by atoms with E-state index in [1.165, 1.54) is 0 Å². The minimum atomic E-state index is -2.60. The third kappa shape index (κ3) is 14.6. The summed E-state index contributed by atoms with van der Waals surface area (Å²) in [4.78, 5) is 38.1. The number of aliphatic hydroxyl groups is 3. The molecule has 0 aliphatic rings. The van der Waals surface area contributed by atoms with Crippen molar-refractivity contribution in [3.8, 4) is 0 Å². The summed E-state index contributed by atoms with van der Waals surface area (Å²) >= 11 is 0. The molecule has 0 aromatic carbocycles. The van der Waals surface area contributed by atoms with Crippen LogP contribution >= 0.6 is 0 Å². The van der Waals surface area contributed by atoms with E-state index >= 15 is 0 Å². The van der Waals surface area contributed by atoms with Crippen molar-refractivity contribution in [3.05, 3.63) is 0 Å². The van der Waals surface area contributed by atoms with Gasteiger partial charge in [-0.1, -0.05) is 0 Å². The van der Waals surface area contributed by atoms with Crippen molar-refractivity contribution in [2.75, 3.05) is 0 Å². The van der Waals surface area contributed by atoms with Gasteiger partial charge in [-0.3, -0.25) is 0 Å². The van der Waals surface area contributed by atoms with Gasteiger partial charge in [-0.25, -0.2) is 15.8 Å². The van der Waals surface area contributed by atoms with Crippen molar-refractivity contribution in [3.63, 3.8) is 0 Å². The summed E-state index contributed by atoms with van der Waals surface area (Å²) in [5, 5.41) is 76.4. The zero-order valence-electron chi connectivity index (χ0n) is 12.9. The first-order valence-corrected chi connectivity index (χ1v) is 5.31. The second kappa shape index (κ2) is 12.9. The zero-order valence-corrected chi connectivity index (χ0v) is 14.1. The molecule has 0 fully saturated rings. The van der Waals surface area contributed by atoms with Crippen LogP contribution in [0.2, 0.25) is 0 Å². The van der Waals surface area contributed by atoms with Crippen molar-refractivity contribution in [2.45, 2.75) is 38.1 Å². The number of hydrogen-bond acceptors (Lipinski definition) is 15. The van der Waals surface area contributed by atoms with Gasteiger partial charge in [-0.15, -0.1) is 0 Å². The number of carbonyl (C=O) groups excluding carboxylic acids is 3. The van der Waals surface area contributed by atoms with E-state index in [1.54, 1.807) is 0 Å². The number of aliphatic carboxylic acids is 3. The summed E-state index contributed by atoms with van der Waals surface area (Å²) in [6.45, 7) is 2.22. The molecule has 16 heteroatoms. The van der Waals surface area contributed by atoms with E-state index in [2.05, 4.69) is 14.7 Å². The molecule has 0 radical (unpaired) electrons. The quantitative estimate of drug-likeness (QED) is 0.106. The molecule has 0 heterocycles. The molecule has 0 bridgehead atoms. The van der Waals surface area contributed by atoms with Crippen LogP contribution in [0.3, 0.4) is 0 Å². The monoisotopic (exact) mass is 390 g/mol. The maximum atomic E-state index is 9.61. The van der Waals surface area contributed by atoms with Crippen molar-refractivity contribution >= 4 is 35.3 Å². The van der Waals surface area contributed by atoms with E-state index in [1.807, 2.05) is 0 Å². The molecular formula is C9H15AlO15. The average Bonchev–Trinajstić information content (AvgIpc) is 2.47. The molecule has 0 amide bonds. The van der Waals surface area contributed by atoms with Crippen molar-refractivity contribution in [2.24, 2.45) is 0 Å². The maximum Gasteiger partial charge on any atom is 3.00 e. The van der Waals surface area contributed by atoms with Crippen LogP contribution in [0.15, 0.2) is 0 Å². The Kier molecular flexibility index (Phi) is 16.2. The molecule has 0 aliphatic heterocycles. The molecule has 6 N–H and O–H groups in total. The fourth-order valence-corrected chi connectivity index (χ4v) is 0.112. The fraction of sp³-hybridized carbons (Fsp3) is 0.667. The first kappa shape index (κ1) is 31.4. The van der Waals surface area contributed by atoms with Gasteiger partial charge in [0.15, 0.2) is 0 Å². The summed E-state index contributed by atoms with van der Waals surface area (Å²) < 4.78 is 0. The van der Waals surface area contributed by atoms with Crippen LogP contribution in [0.25, 0.3) is 0 Å². The molecule has 3 unspecified atom stereocenters. The van der Waals surface area contributed by atoms with Gasteiger partial charge in [-0.05, 0) is 20.8 Å². The number of carbonyl (C=O) groups is 3. The molecule has 3 atom stereocenters. The van der Waals surface area contributed by atoms with Gasteiger partial charge < -0.3 is 45.0 Å². The summed E-state index contributed by atoms with van der Waals surface area (Å²) in [6, 6.07) is 0. The van der Waals surface area contributed by atoms with E-state index < -0.39 is 35.3 Å². The Bertz CT molecular complexity index is 355. The number of hydrogen-bond donors (Lipinski definition) is 6. The number of carboxylic acid groups (broad SMARTS) is 3. The van der Waals surface area contributed by atoms with E-state index in [-0.39, 0.29) is 17.4 Å². The Labute approximate surface area is 149 Å². The largest absolute Gasteiger partial charge is 3.00 e. The molecule has 0 aliphatic carbocycles. The van der Waals surface area contributed by atoms with Crippen LogP contribution in [0, 0.1) is 0 Å². The van der Waals surface area contributed by atoms with Crippen molar-refractivity contribution in [1.29, 1.82) is 0 Å². The molecule has 0 saturated heterocycles. The first-order valence-electron chi connectivity index (χ1n) is 5.31. The Morgan fingerprint density at radius 2 is 0.760 bits per heavy atom. The number of carboxylic acids is 3. The molecule has 0 rings (SSSR count). The summed E-state index contributed by atoms with van der Waals surface area (Å²) in [7, 11) is 0. The summed E-state index contributed by atoms with van der Waals surface area (Å²) in [5.74, 6) is -13.5. The number of rotatable bonds is 6. The van der Waals surface area contributed by atoms with Crippen LogP contribution in [-0.2, 0) is 29.0 Å². The van der Waals surface area contributed by atoms with Crippen LogP contribution in [-0.4, -0.2) is 83.7 Å². The minimum Gasteiger partial charge on any atom is -0.544 e. The maximum absolute atomic E-state index is 9.61. The fourth-order valence-electron chi connectivity index (χ4n) is 0.112. The standard InChI is InChI=1S/3C3H6O5.Al/c3*1-3(6,8-7)2(4)5;/h3*6-7H,1H3,(H,4,5);/q;;;+3/p-3.